The second kappa shape index (κ2) is 6.71. The zero-order valence-electron chi connectivity index (χ0n) is 11.9. The Kier molecular flexibility index (Phi) is 5.10. The maximum atomic E-state index is 13.1. The Morgan fingerprint density at radius 2 is 2.09 bits per heavy atom. The van der Waals surface area contributed by atoms with Crippen LogP contribution in [-0.2, 0) is 13.2 Å². The summed E-state index contributed by atoms with van der Waals surface area (Å²) in [5.41, 5.74) is -0.392. The SMILES string of the molecule is Cn1nc(-c2cnc(Cl)cc2NC[C@@H](F)CO)cc1C(F)(F)F. The number of nitrogens with zero attached hydrogens (tertiary/aromatic N) is 3. The van der Waals surface area contributed by atoms with Crippen LogP contribution in [0.2, 0.25) is 5.15 Å². The largest absolute Gasteiger partial charge is 0.433 e. The van der Waals surface area contributed by atoms with E-state index in [9.17, 15) is 17.6 Å². The van der Waals surface area contributed by atoms with Gasteiger partial charge in [-0.2, -0.15) is 18.3 Å². The Bertz CT molecular complexity index is 689. The van der Waals surface area contributed by atoms with Crippen LogP contribution in [0.5, 0.6) is 0 Å². The summed E-state index contributed by atoms with van der Waals surface area (Å²) in [5, 5.41) is 15.3. The number of aryl methyl sites for hydroxylation is 1. The Balaban J connectivity index is 2.39. The number of aliphatic hydroxyl groups excluding tert-OH is 1. The molecule has 2 rings (SSSR count). The first kappa shape index (κ1) is 17.5. The molecule has 126 valence electrons. The smallest absolute Gasteiger partial charge is 0.393 e. The van der Waals surface area contributed by atoms with Crippen molar-refractivity contribution in [3.8, 4) is 11.3 Å². The third kappa shape index (κ3) is 4.11. The molecule has 0 fully saturated rings. The van der Waals surface area contributed by atoms with Gasteiger partial charge in [0.15, 0.2) is 0 Å². The van der Waals surface area contributed by atoms with Crippen LogP contribution >= 0.6 is 11.6 Å². The van der Waals surface area contributed by atoms with E-state index in [0.717, 1.165) is 6.07 Å². The molecule has 2 heterocycles. The molecule has 0 unspecified atom stereocenters. The average Bonchev–Trinajstić information content (AvgIpc) is 2.86. The molecule has 0 saturated carbocycles. The summed E-state index contributed by atoms with van der Waals surface area (Å²) in [6.07, 6.45) is -4.82. The zero-order chi connectivity index (χ0) is 17.2. The second-order valence-corrected chi connectivity index (χ2v) is 5.14. The van der Waals surface area contributed by atoms with Crippen LogP contribution in [0.25, 0.3) is 11.3 Å². The van der Waals surface area contributed by atoms with Crippen LogP contribution in [0.1, 0.15) is 5.69 Å². The first-order valence-corrected chi connectivity index (χ1v) is 6.86. The van der Waals surface area contributed by atoms with Gasteiger partial charge in [0.2, 0.25) is 0 Å². The summed E-state index contributed by atoms with van der Waals surface area (Å²) >= 11 is 5.76. The van der Waals surface area contributed by atoms with Gasteiger partial charge in [0.25, 0.3) is 0 Å². The highest BCUT2D eigenvalue weighted by molar-refractivity contribution is 6.29. The lowest BCUT2D eigenvalue weighted by Crippen LogP contribution is -2.19. The molecule has 5 nitrogen and oxygen atoms in total. The first-order chi connectivity index (χ1) is 10.7. The Hall–Kier alpha value is -1.87. The lowest BCUT2D eigenvalue weighted by molar-refractivity contribution is -0.143. The third-order valence-electron chi connectivity index (χ3n) is 3.03. The van der Waals surface area contributed by atoms with Gasteiger partial charge in [-0.05, 0) is 12.1 Å². The van der Waals surface area contributed by atoms with Crippen LogP contribution in [-0.4, -0.2) is 39.2 Å². The summed E-state index contributed by atoms with van der Waals surface area (Å²) < 4.78 is 52.4. The van der Waals surface area contributed by atoms with Crippen molar-refractivity contribution < 1.29 is 22.7 Å². The molecule has 0 radical (unpaired) electrons. The number of aromatic nitrogens is 3. The van der Waals surface area contributed by atoms with Gasteiger partial charge in [-0.25, -0.2) is 9.37 Å². The van der Waals surface area contributed by atoms with E-state index in [1.807, 2.05) is 0 Å². The molecule has 0 aliphatic heterocycles. The normalized spacial score (nSPS) is 13.2. The van der Waals surface area contributed by atoms with Crippen molar-refractivity contribution in [1.29, 1.82) is 0 Å². The molecule has 2 aromatic heterocycles. The fourth-order valence-electron chi connectivity index (χ4n) is 1.93. The first-order valence-electron chi connectivity index (χ1n) is 6.48. The molecular weight excluding hydrogens is 340 g/mol. The molecular formula is C13H13ClF4N4O. The van der Waals surface area contributed by atoms with E-state index in [1.54, 1.807) is 0 Å². The van der Waals surface area contributed by atoms with Crippen molar-refractivity contribution in [2.45, 2.75) is 12.3 Å². The fourth-order valence-corrected chi connectivity index (χ4v) is 2.09. The monoisotopic (exact) mass is 352 g/mol. The summed E-state index contributed by atoms with van der Waals surface area (Å²) in [4.78, 5) is 3.82. The molecule has 0 saturated heterocycles. The molecule has 23 heavy (non-hydrogen) atoms. The van der Waals surface area contributed by atoms with Gasteiger partial charge in [-0.15, -0.1) is 0 Å². The number of pyridine rings is 1. The average molecular weight is 353 g/mol. The quantitative estimate of drug-likeness (QED) is 0.641. The van der Waals surface area contributed by atoms with Gasteiger partial charge in [0.05, 0.1) is 12.3 Å². The van der Waals surface area contributed by atoms with E-state index in [1.165, 1.54) is 19.3 Å². The highest BCUT2D eigenvalue weighted by Crippen LogP contribution is 2.34. The summed E-state index contributed by atoms with van der Waals surface area (Å²) in [7, 11) is 1.17. The number of aliphatic hydroxyl groups is 1. The van der Waals surface area contributed by atoms with Crippen molar-refractivity contribution in [2.75, 3.05) is 18.5 Å². The maximum Gasteiger partial charge on any atom is 0.433 e. The van der Waals surface area contributed by atoms with Crippen LogP contribution < -0.4 is 5.32 Å². The molecule has 0 amide bonds. The van der Waals surface area contributed by atoms with Gasteiger partial charge in [0.1, 0.15) is 17.0 Å². The fraction of sp³-hybridized carbons (Fsp3) is 0.385. The van der Waals surface area contributed by atoms with Crippen molar-refractivity contribution in [3.05, 3.63) is 29.2 Å². The Morgan fingerprint density at radius 3 is 2.65 bits per heavy atom. The highest BCUT2D eigenvalue weighted by Gasteiger charge is 2.35. The van der Waals surface area contributed by atoms with Crippen molar-refractivity contribution in [2.24, 2.45) is 7.05 Å². The van der Waals surface area contributed by atoms with Gasteiger partial charge < -0.3 is 10.4 Å². The minimum absolute atomic E-state index is 0.0194. The lowest BCUT2D eigenvalue weighted by Gasteiger charge is -2.12. The van der Waals surface area contributed by atoms with E-state index in [-0.39, 0.29) is 28.6 Å². The van der Waals surface area contributed by atoms with Gasteiger partial charge in [-0.1, -0.05) is 11.6 Å². The molecule has 0 bridgehead atoms. The third-order valence-corrected chi connectivity index (χ3v) is 3.24. The molecule has 2 aromatic rings. The van der Waals surface area contributed by atoms with Gasteiger partial charge >= 0.3 is 6.18 Å². The van der Waals surface area contributed by atoms with Gasteiger partial charge in [0, 0.05) is 31.0 Å². The van der Waals surface area contributed by atoms with E-state index >= 15 is 0 Å². The Labute approximate surface area is 133 Å². The highest BCUT2D eigenvalue weighted by atomic mass is 35.5. The summed E-state index contributed by atoms with van der Waals surface area (Å²) in [6.45, 7) is -0.911. The predicted octanol–water partition coefficient (Wildman–Crippen LogP) is 2.90. The number of hydrogen-bond donors (Lipinski definition) is 2. The van der Waals surface area contributed by atoms with Crippen LogP contribution in [0.15, 0.2) is 18.3 Å². The van der Waals surface area contributed by atoms with Crippen molar-refractivity contribution >= 4 is 17.3 Å². The number of rotatable bonds is 5. The zero-order valence-corrected chi connectivity index (χ0v) is 12.7. The van der Waals surface area contributed by atoms with E-state index in [4.69, 9.17) is 16.7 Å². The van der Waals surface area contributed by atoms with Crippen molar-refractivity contribution in [1.82, 2.24) is 14.8 Å². The molecule has 0 aliphatic rings. The van der Waals surface area contributed by atoms with Crippen LogP contribution in [0, 0.1) is 0 Å². The number of alkyl halides is 4. The van der Waals surface area contributed by atoms with E-state index < -0.39 is 24.6 Å². The molecule has 1 atom stereocenters. The molecule has 0 aromatic carbocycles. The van der Waals surface area contributed by atoms with E-state index in [0.29, 0.717) is 4.68 Å². The standard InChI is InChI=1S/C13H13ClF4N4O/c1-22-11(13(16,17)18)2-10(21-22)8-5-20-12(14)3-9(8)19-4-7(15)6-23/h2-3,5,7,23H,4,6H2,1H3,(H,19,20)/t7-/m1/s1. The molecule has 0 spiro atoms. The molecule has 2 N–H and O–H groups in total. The Morgan fingerprint density at radius 1 is 1.39 bits per heavy atom. The predicted molar refractivity (Wildman–Crippen MR) is 76.9 cm³/mol. The minimum atomic E-state index is -4.55. The van der Waals surface area contributed by atoms with Crippen molar-refractivity contribution in [3.63, 3.8) is 0 Å². The lowest BCUT2D eigenvalue weighted by atomic mass is 10.1. The molecule has 10 heteroatoms. The summed E-state index contributed by atoms with van der Waals surface area (Å²) in [5.74, 6) is 0. The number of anilines is 1. The second-order valence-electron chi connectivity index (χ2n) is 4.75. The molecule has 0 aliphatic carbocycles. The number of hydrogen-bond acceptors (Lipinski definition) is 4. The van der Waals surface area contributed by atoms with E-state index in [2.05, 4.69) is 15.4 Å². The van der Waals surface area contributed by atoms with Crippen LogP contribution in [0.4, 0.5) is 23.2 Å². The minimum Gasteiger partial charge on any atom is -0.393 e. The maximum absolute atomic E-state index is 13.1. The van der Waals surface area contributed by atoms with Gasteiger partial charge in [-0.3, -0.25) is 4.68 Å². The number of halogens is 5. The summed E-state index contributed by atoms with van der Waals surface area (Å²) in [6, 6.07) is 2.22. The topological polar surface area (TPSA) is 63.0 Å². The van der Waals surface area contributed by atoms with Crippen LogP contribution in [0.3, 0.4) is 0 Å². The number of nitrogens with one attached hydrogen (secondary N) is 1.